The Bertz CT molecular complexity index is 808. The van der Waals surface area contributed by atoms with Gasteiger partial charge in [-0.25, -0.2) is 0 Å². The zero-order valence-electron chi connectivity index (χ0n) is 14.4. The maximum atomic E-state index is 8.95. The molecule has 5 nitrogen and oxygen atoms in total. The molecule has 5 heteroatoms. The van der Waals surface area contributed by atoms with Crippen molar-refractivity contribution in [2.24, 2.45) is 4.99 Å². The van der Waals surface area contributed by atoms with Crippen LogP contribution >= 0.6 is 0 Å². The number of nitriles is 1. The van der Waals surface area contributed by atoms with E-state index in [4.69, 9.17) is 10.00 Å². The van der Waals surface area contributed by atoms with Crippen molar-refractivity contribution in [2.75, 3.05) is 20.2 Å². The highest BCUT2D eigenvalue weighted by Gasteiger charge is 2.11. The molecule has 2 aromatic rings. The quantitative estimate of drug-likeness (QED) is 0.651. The van der Waals surface area contributed by atoms with Crippen molar-refractivity contribution in [3.63, 3.8) is 0 Å². The summed E-state index contributed by atoms with van der Waals surface area (Å²) < 4.78 is 5.54. The molecule has 3 rings (SSSR count). The minimum atomic E-state index is 0.630. The summed E-state index contributed by atoms with van der Waals surface area (Å²) in [6.07, 6.45) is 1.93. The number of fused-ring (bicyclic) bond motifs is 1. The fourth-order valence-electron chi connectivity index (χ4n) is 2.88. The first kappa shape index (κ1) is 16.8. The first-order valence-electron chi connectivity index (χ1n) is 8.46. The number of nitrogens with zero attached hydrogens (tertiary/aromatic N) is 2. The Morgan fingerprint density at radius 1 is 1.20 bits per heavy atom. The Morgan fingerprint density at radius 3 is 2.96 bits per heavy atom. The number of aliphatic imine (C=N–C) groups is 1. The zero-order valence-corrected chi connectivity index (χ0v) is 14.4. The van der Waals surface area contributed by atoms with Crippen LogP contribution in [-0.4, -0.2) is 26.2 Å². The second-order valence-electron chi connectivity index (χ2n) is 5.96. The number of rotatable bonds is 5. The molecule has 0 atom stereocenters. The van der Waals surface area contributed by atoms with Crippen LogP contribution in [0.15, 0.2) is 47.5 Å². The van der Waals surface area contributed by atoms with Crippen LogP contribution in [0.25, 0.3) is 0 Å². The SMILES string of the molecule is CN=C(NCCc1ccc2c(c1)CCO2)NCc1cccc(C#N)c1. The third-order valence-corrected chi connectivity index (χ3v) is 4.20. The molecule has 0 amide bonds. The molecular formula is C20H22N4O. The monoisotopic (exact) mass is 334 g/mol. The topological polar surface area (TPSA) is 69.4 Å². The predicted octanol–water partition coefficient (Wildman–Crippen LogP) is 2.40. The minimum absolute atomic E-state index is 0.630. The summed E-state index contributed by atoms with van der Waals surface area (Å²) >= 11 is 0. The van der Waals surface area contributed by atoms with Crippen molar-refractivity contribution < 1.29 is 4.74 Å². The van der Waals surface area contributed by atoms with Crippen LogP contribution in [0.3, 0.4) is 0 Å². The molecule has 2 N–H and O–H groups in total. The third-order valence-electron chi connectivity index (χ3n) is 4.20. The standard InChI is InChI=1S/C20H22N4O/c1-22-20(24-14-17-4-2-3-16(11-17)13-21)23-9-7-15-5-6-19-18(12-15)8-10-25-19/h2-6,11-12H,7-10,14H2,1H3,(H2,22,23,24). The molecule has 1 heterocycles. The Hall–Kier alpha value is -3.00. The minimum Gasteiger partial charge on any atom is -0.493 e. The molecule has 0 saturated carbocycles. The van der Waals surface area contributed by atoms with E-state index in [2.05, 4.69) is 39.9 Å². The molecule has 0 bridgehead atoms. The van der Waals surface area contributed by atoms with E-state index in [9.17, 15) is 0 Å². The van der Waals surface area contributed by atoms with Crippen molar-refractivity contribution in [3.8, 4) is 11.8 Å². The van der Waals surface area contributed by atoms with Gasteiger partial charge in [0, 0.05) is 26.6 Å². The average molecular weight is 334 g/mol. The summed E-state index contributed by atoms with van der Waals surface area (Å²) in [6, 6.07) is 16.1. The normalized spacial score (nSPS) is 12.9. The molecule has 0 aliphatic carbocycles. The van der Waals surface area contributed by atoms with E-state index < -0.39 is 0 Å². The number of hydrogen-bond acceptors (Lipinski definition) is 3. The zero-order chi connectivity index (χ0) is 17.5. The molecule has 0 spiro atoms. The Balaban J connectivity index is 1.47. The average Bonchev–Trinajstić information content (AvgIpc) is 3.12. The van der Waals surface area contributed by atoms with E-state index in [0.29, 0.717) is 12.1 Å². The van der Waals surface area contributed by atoms with E-state index in [1.54, 1.807) is 13.1 Å². The van der Waals surface area contributed by atoms with Gasteiger partial charge in [-0.2, -0.15) is 5.26 Å². The van der Waals surface area contributed by atoms with Crippen LogP contribution in [0, 0.1) is 11.3 Å². The molecule has 128 valence electrons. The lowest BCUT2D eigenvalue weighted by Gasteiger charge is -2.12. The summed E-state index contributed by atoms with van der Waals surface area (Å²) in [6.45, 7) is 2.23. The maximum Gasteiger partial charge on any atom is 0.191 e. The number of benzene rings is 2. The molecule has 0 saturated heterocycles. The number of hydrogen-bond donors (Lipinski definition) is 2. The Morgan fingerprint density at radius 2 is 2.12 bits per heavy atom. The summed E-state index contributed by atoms with van der Waals surface area (Å²) in [7, 11) is 1.76. The summed E-state index contributed by atoms with van der Waals surface area (Å²) in [5.41, 5.74) is 4.33. The van der Waals surface area contributed by atoms with Crippen molar-refractivity contribution >= 4 is 5.96 Å². The van der Waals surface area contributed by atoms with Crippen molar-refractivity contribution in [1.29, 1.82) is 5.26 Å². The van der Waals surface area contributed by atoms with Gasteiger partial charge in [0.25, 0.3) is 0 Å². The van der Waals surface area contributed by atoms with Crippen LogP contribution in [0.5, 0.6) is 5.75 Å². The van der Waals surface area contributed by atoms with E-state index in [1.807, 2.05) is 18.2 Å². The summed E-state index contributed by atoms with van der Waals surface area (Å²) in [5, 5.41) is 15.6. The van der Waals surface area contributed by atoms with Gasteiger partial charge in [0.2, 0.25) is 0 Å². The van der Waals surface area contributed by atoms with Gasteiger partial charge in [-0.05, 0) is 41.3 Å². The van der Waals surface area contributed by atoms with Gasteiger partial charge in [0.1, 0.15) is 5.75 Å². The number of nitrogens with one attached hydrogen (secondary N) is 2. The van der Waals surface area contributed by atoms with Crippen molar-refractivity contribution in [3.05, 3.63) is 64.7 Å². The second kappa shape index (κ2) is 8.20. The summed E-state index contributed by atoms with van der Waals surface area (Å²) in [4.78, 5) is 4.24. The molecule has 25 heavy (non-hydrogen) atoms. The van der Waals surface area contributed by atoms with Gasteiger partial charge in [-0.15, -0.1) is 0 Å². The highest BCUT2D eigenvalue weighted by molar-refractivity contribution is 5.79. The smallest absolute Gasteiger partial charge is 0.191 e. The molecular weight excluding hydrogens is 312 g/mol. The van der Waals surface area contributed by atoms with Crippen LogP contribution in [0.4, 0.5) is 0 Å². The highest BCUT2D eigenvalue weighted by Crippen LogP contribution is 2.25. The molecule has 1 aliphatic heterocycles. The fourth-order valence-corrected chi connectivity index (χ4v) is 2.88. The molecule has 0 aromatic heterocycles. The van der Waals surface area contributed by atoms with Gasteiger partial charge in [-0.1, -0.05) is 24.3 Å². The first-order valence-corrected chi connectivity index (χ1v) is 8.46. The molecule has 2 aromatic carbocycles. The molecule has 0 unspecified atom stereocenters. The Labute approximate surface area is 148 Å². The Kier molecular flexibility index (Phi) is 5.53. The number of ether oxygens (including phenoxy) is 1. The number of guanidine groups is 1. The second-order valence-corrected chi connectivity index (χ2v) is 5.96. The lowest BCUT2D eigenvalue weighted by Crippen LogP contribution is -2.37. The van der Waals surface area contributed by atoms with Crippen LogP contribution in [-0.2, 0) is 19.4 Å². The van der Waals surface area contributed by atoms with Gasteiger partial charge in [0.05, 0.1) is 18.2 Å². The summed E-state index contributed by atoms with van der Waals surface area (Å²) in [5.74, 6) is 1.78. The van der Waals surface area contributed by atoms with E-state index in [0.717, 1.165) is 43.3 Å². The van der Waals surface area contributed by atoms with Crippen molar-refractivity contribution in [2.45, 2.75) is 19.4 Å². The van der Waals surface area contributed by atoms with Crippen LogP contribution in [0.2, 0.25) is 0 Å². The van der Waals surface area contributed by atoms with Crippen molar-refractivity contribution in [1.82, 2.24) is 10.6 Å². The fraction of sp³-hybridized carbons (Fsp3) is 0.300. The van der Waals surface area contributed by atoms with Gasteiger partial charge >= 0.3 is 0 Å². The largest absolute Gasteiger partial charge is 0.493 e. The van der Waals surface area contributed by atoms with Crippen LogP contribution in [0.1, 0.15) is 22.3 Å². The predicted molar refractivity (Wildman–Crippen MR) is 98.7 cm³/mol. The molecule has 0 radical (unpaired) electrons. The van der Waals surface area contributed by atoms with E-state index in [1.165, 1.54) is 11.1 Å². The lowest BCUT2D eigenvalue weighted by molar-refractivity contribution is 0.357. The van der Waals surface area contributed by atoms with Gasteiger partial charge in [-0.3, -0.25) is 4.99 Å². The van der Waals surface area contributed by atoms with Gasteiger partial charge < -0.3 is 15.4 Å². The highest BCUT2D eigenvalue weighted by atomic mass is 16.5. The van der Waals surface area contributed by atoms with Crippen LogP contribution < -0.4 is 15.4 Å². The molecule has 0 fully saturated rings. The van der Waals surface area contributed by atoms with E-state index in [-0.39, 0.29) is 0 Å². The van der Waals surface area contributed by atoms with E-state index >= 15 is 0 Å². The lowest BCUT2D eigenvalue weighted by atomic mass is 10.1. The maximum absolute atomic E-state index is 8.95. The van der Waals surface area contributed by atoms with Gasteiger partial charge in [0.15, 0.2) is 5.96 Å². The molecule has 1 aliphatic rings. The third kappa shape index (κ3) is 4.51. The first-order chi connectivity index (χ1) is 12.3.